The molecule has 0 aliphatic rings. The SMILES string of the molecule is CCSc1ncc(Cl)c(C(=O)N[C@@H](Cc2ccccc2)C(=O)NCc2ccc(C)cc2)n1. The lowest BCUT2D eigenvalue weighted by atomic mass is 10.0. The van der Waals surface area contributed by atoms with Crippen molar-refractivity contribution in [1.29, 1.82) is 0 Å². The van der Waals surface area contributed by atoms with Gasteiger partial charge in [-0.05, 0) is 23.8 Å². The van der Waals surface area contributed by atoms with E-state index in [2.05, 4.69) is 20.6 Å². The van der Waals surface area contributed by atoms with Gasteiger partial charge in [0.05, 0.1) is 11.2 Å². The fraction of sp³-hybridized carbons (Fsp3) is 0.250. The molecule has 1 heterocycles. The Morgan fingerprint density at radius 2 is 1.78 bits per heavy atom. The van der Waals surface area contributed by atoms with Gasteiger partial charge in [-0.15, -0.1) is 0 Å². The fourth-order valence-corrected chi connectivity index (χ4v) is 3.73. The van der Waals surface area contributed by atoms with Crippen LogP contribution in [0.1, 0.15) is 34.1 Å². The molecule has 3 rings (SSSR count). The van der Waals surface area contributed by atoms with Gasteiger partial charge < -0.3 is 10.6 Å². The second-order valence-corrected chi connectivity index (χ2v) is 8.84. The quantitative estimate of drug-likeness (QED) is 0.363. The van der Waals surface area contributed by atoms with Crippen LogP contribution < -0.4 is 10.6 Å². The Bertz CT molecular complexity index is 1060. The molecule has 0 aliphatic carbocycles. The first-order valence-electron chi connectivity index (χ1n) is 10.3. The number of benzene rings is 2. The molecular weight excluding hydrogens is 444 g/mol. The van der Waals surface area contributed by atoms with E-state index in [1.165, 1.54) is 18.0 Å². The molecule has 2 N–H and O–H groups in total. The van der Waals surface area contributed by atoms with Crippen LogP contribution in [0.15, 0.2) is 66.0 Å². The van der Waals surface area contributed by atoms with Crippen LogP contribution in [-0.4, -0.2) is 33.6 Å². The zero-order valence-corrected chi connectivity index (χ0v) is 19.5. The van der Waals surface area contributed by atoms with E-state index < -0.39 is 11.9 Å². The maximum absolute atomic E-state index is 13.0. The van der Waals surface area contributed by atoms with Gasteiger partial charge in [0.1, 0.15) is 6.04 Å². The smallest absolute Gasteiger partial charge is 0.272 e. The minimum Gasteiger partial charge on any atom is -0.350 e. The topological polar surface area (TPSA) is 84.0 Å². The van der Waals surface area contributed by atoms with E-state index >= 15 is 0 Å². The summed E-state index contributed by atoms with van der Waals surface area (Å²) in [4.78, 5) is 34.4. The van der Waals surface area contributed by atoms with Gasteiger partial charge in [0.25, 0.3) is 5.91 Å². The highest BCUT2D eigenvalue weighted by Crippen LogP contribution is 2.18. The van der Waals surface area contributed by atoms with Crippen LogP contribution >= 0.6 is 23.4 Å². The molecule has 0 saturated heterocycles. The molecular formula is C24H25ClN4O2S. The molecule has 0 unspecified atom stereocenters. The largest absolute Gasteiger partial charge is 0.350 e. The number of thioether (sulfide) groups is 1. The summed E-state index contributed by atoms with van der Waals surface area (Å²) in [5.41, 5.74) is 3.12. The third-order valence-electron chi connectivity index (χ3n) is 4.70. The van der Waals surface area contributed by atoms with E-state index in [9.17, 15) is 9.59 Å². The number of rotatable bonds is 9. The summed E-state index contributed by atoms with van der Waals surface area (Å²) in [7, 11) is 0. The van der Waals surface area contributed by atoms with Gasteiger partial charge in [0.15, 0.2) is 10.9 Å². The molecule has 3 aromatic rings. The van der Waals surface area contributed by atoms with Gasteiger partial charge in [-0.2, -0.15) is 0 Å². The number of nitrogens with one attached hydrogen (secondary N) is 2. The molecule has 0 saturated carbocycles. The molecule has 6 nitrogen and oxygen atoms in total. The van der Waals surface area contributed by atoms with Crippen molar-refractivity contribution in [2.75, 3.05) is 5.75 Å². The van der Waals surface area contributed by atoms with Crippen LogP contribution in [0.3, 0.4) is 0 Å². The molecule has 8 heteroatoms. The van der Waals surface area contributed by atoms with Crippen molar-refractivity contribution < 1.29 is 9.59 Å². The number of nitrogens with zero attached hydrogens (tertiary/aromatic N) is 2. The molecule has 32 heavy (non-hydrogen) atoms. The Labute approximate surface area is 197 Å². The van der Waals surface area contributed by atoms with Gasteiger partial charge in [0.2, 0.25) is 5.91 Å². The van der Waals surface area contributed by atoms with E-state index in [1.807, 2.05) is 68.4 Å². The summed E-state index contributed by atoms with van der Waals surface area (Å²) in [6.07, 6.45) is 1.75. The van der Waals surface area contributed by atoms with Crippen LogP contribution in [0.2, 0.25) is 5.02 Å². The predicted octanol–water partition coefficient (Wildman–Crippen LogP) is 4.21. The Morgan fingerprint density at radius 3 is 2.47 bits per heavy atom. The molecule has 0 radical (unpaired) electrons. The van der Waals surface area contributed by atoms with Crippen LogP contribution in [0.5, 0.6) is 0 Å². The average Bonchev–Trinajstić information content (AvgIpc) is 2.80. The van der Waals surface area contributed by atoms with Crippen molar-refractivity contribution in [2.24, 2.45) is 0 Å². The Morgan fingerprint density at radius 1 is 1.06 bits per heavy atom. The maximum Gasteiger partial charge on any atom is 0.272 e. The number of carbonyl (C=O) groups excluding carboxylic acids is 2. The summed E-state index contributed by atoms with van der Waals surface area (Å²) in [6.45, 7) is 4.35. The highest BCUT2D eigenvalue weighted by molar-refractivity contribution is 7.99. The first kappa shape index (κ1) is 23.8. The van der Waals surface area contributed by atoms with E-state index in [-0.39, 0.29) is 16.6 Å². The molecule has 1 atom stereocenters. The van der Waals surface area contributed by atoms with Crippen molar-refractivity contribution in [3.05, 3.63) is 88.2 Å². The number of carbonyl (C=O) groups is 2. The zero-order valence-electron chi connectivity index (χ0n) is 18.0. The predicted molar refractivity (Wildman–Crippen MR) is 128 cm³/mol. The minimum absolute atomic E-state index is 0.0574. The van der Waals surface area contributed by atoms with Gasteiger partial charge >= 0.3 is 0 Å². The van der Waals surface area contributed by atoms with Crippen molar-refractivity contribution >= 4 is 35.2 Å². The van der Waals surface area contributed by atoms with Crippen molar-refractivity contribution in [1.82, 2.24) is 20.6 Å². The van der Waals surface area contributed by atoms with E-state index in [1.54, 1.807) is 0 Å². The summed E-state index contributed by atoms with van der Waals surface area (Å²) in [5, 5.41) is 6.32. The lowest BCUT2D eigenvalue weighted by Gasteiger charge is -2.19. The van der Waals surface area contributed by atoms with Gasteiger partial charge in [-0.25, -0.2) is 9.97 Å². The van der Waals surface area contributed by atoms with Gasteiger partial charge in [0, 0.05) is 13.0 Å². The number of hydrogen-bond acceptors (Lipinski definition) is 5. The zero-order chi connectivity index (χ0) is 22.9. The average molecular weight is 469 g/mol. The molecule has 1 aromatic heterocycles. The maximum atomic E-state index is 13.0. The number of hydrogen-bond donors (Lipinski definition) is 2. The first-order valence-corrected chi connectivity index (χ1v) is 11.7. The Kier molecular flexibility index (Phi) is 8.64. The second kappa shape index (κ2) is 11.6. The number of halogens is 1. The van der Waals surface area contributed by atoms with Crippen LogP contribution in [-0.2, 0) is 17.8 Å². The third kappa shape index (κ3) is 6.80. The summed E-state index contributed by atoms with van der Waals surface area (Å²) in [5.74, 6) is -0.0290. The standard InChI is InChI=1S/C24H25ClN4O2S/c1-3-32-24-27-15-19(25)21(29-24)23(31)28-20(13-17-7-5-4-6-8-17)22(30)26-14-18-11-9-16(2)10-12-18/h4-12,15,20H,3,13-14H2,1-2H3,(H,26,30)(H,28,31)/t20-/m0/s1. The van der Waals surface area contributed by atoms with Crippen LogP contribution in [0, 0.1) is 6.92 Å². The third-order valence-corrected chi connectivity index (χ3v) is 5.72. The van der Waals surface area contributed by atoms with E-state index in [0.717, 1.165) is 22.4 Å². The van der Waals surface area contributed by atoms with E-state index in [0.29, 0.717) is 18.1 Å². The lowest BCUT2D eigenvalue weighted by molar-refractivity contribution is -0.123. The van der Waals surface area contributed by atoms with Crippen molar-refractivity contribution in [3.8, 4) is 0 Å². The Balaban J connectivity index is 1.76. The van der Waals surface area contributed by atoms with Crippen molar-refractivity contribution in [2.45, 2.75) is 38.0 Å². The molecule has 2 amide bonds. The van der Waals surface area contributed by atoms with Crippen molar-refractivity contribution in [3.63, 3.8) is 0 Å². The molecule has 166 valence electrons. The Hall–Kier alpha value is -2.90. The highest BCUT2D eigenvalue weighted by atomic mass is 35.5. The number of aromatic nitrogens is 2. The number of aryl methyl sites for hydroxylation is 1. The first-order chi connectivity index (χ1) is 15.5. The van der Waals surface area contributed by atoms with Crippen LogP contribution in [0.4, 0.5) is 0 Å². The fourth-order valence-electron chi connectivity index (χ4n) is 3.01. The normalized spacial score (nSPS) is 11.6. The second-order valence-electron chi connectivity index (χ2n) is 7.20. The molecule has 0 aliphatic heterocycles. The number of amides is 2. The van der Waals surface area contributed by atoms with E-state index in [4.69, 9.17) is 11.6 Å². The monoisotopic (exact) mass is 468 g/mol. The highest BCUT2D eigenvalue weighted by Gasteiger charge is 2.24. The molecule has 0 spiro atoms. The lowest BCUT2D eigenvalue weighted by Crippen LogP contribution is -2.48. The van der Waals surface area contributed by atoms with Gasteiger partial charge in [-0.1, -0.05) is 90.4 Å². The summed E-state index contributed by atoms with van der Waals surface area (Å²) in [6, 6.07) is 16.7. The summed E-state index contributed by atoms with van der Waals surface area (Å²) >= 11 is 7.58. The van der Waals surface area contributed by atoms with Crippen LogP contribution in [0.25, 0.3) is 0 Å². The molecule has 0 bridgehead atoms. The summed E-state index contributed by atoms with van der Waals surface area (Å²) < 4.78 is 0. The minimum atomic E-state index is -0.788. The van der Waals surface area contributed by atoms with Gasteiger partial charge in [-0.3, -0.25) is 9.59 Å². The molecule has 0 fully saturated rings. The molecule has 2 aromatic carbocycles.